The number of rotatable bonds is 3. The lowest BCUT2D eigenvalue weighted by molar-refractivity contribution is -0.387. The van der Waals surface area contributed by atoms with Crippen LogP contribution >= 0.6 is 0 Å². The SMILES string of the molecule is O=C(O)C(F)(F)F.O=[N+]([O-])c1cc(CN2CCCCC2)ccc1F. The van der Waals surface area contributed by atoms with Gasteiger partial charge >= 0.3 is 17.8 Å². The number of piperidine rings is 1. The number of carbonyl (C=O) groups is 1. The van der Waals surface area contributed by atoms with E-state index in [0.717, 1.165) is 18.7 Å². The third-order valence-electron chi connectivity index (χ3n) is 3.30. The maximum atomic E-state index is 13.1. The largest absolute Gasteiger partial charge is 0.490 e. The van der Waals surface area contributed by atoms with Crippen LogP contribution in [-0.4, -0.2) is 40.2 Å². The molecule has 0 atom stereocenters. The van der Waals surface area contributed by atoms with E-state index in [0.29, 0.717) is 6.54 Å². The van der Waals surface area contributed by atoms with E-state index in [2.05, 4.69) is 4.90 Å². The van der Waals surface area contributed by atoms with Crippen molar-refractivity contribution < 1.29 is 32.4 Å². The van der Waals surface area contributed by atoms with E-state index in [4.69, 9.17) is 9.90 Å². The molecule has 0 spiro atoms. The number of likely N-dealkylation sites (tertiary alicyclic amines) is 1. The molecule has 0 aromatic heterocycles. The molecule has 1 aromatic carbocycles. The van der Waals surface area contributed by atoms with E-state index in [-0.39, 0.29) is 0 Å². The number of benzene rings is 1. The maximum absolute atomic E-state index is 13.1. The standard InChI is InChI=1S/C12H15FN2O2.C2HF3O2/c13-11-5-4-10(8-12(11)15(16)17)9-14-6-2-1-3-7-14;3-2(4,5)1(6)7/h4-5,8H,1-3,6-7,9H2;(H,6,7). The first kappa shape index (κ1) is 19.8. The molecule has 1 saturated heterocycles. The molecule has 1 fully saturated rings. The van der Waals surface area contributed by atoms with Crippen molar-refractivity contribution in [3.05, 3.63) is 39.7 Å². The number of carboxylic acid groups (broad SMARTS) is 1. The summed E-state index contributed by atoms with van der Waals surface area (Å²) in [7, 11) is 0. The Labute approximate surface area is 134 Å². The number of carboxylic acids is 1. The fourth-order valence-corrected chi connectivity index (χ4v) is 2.17. The molecule has 6 nitrogen and oxygen atoms in total. The molecule has 1 N–H and O–H groups in total. The molecule has 134 valence electrons. The summed E-state index contributed by atoms with van der Waals surface area (Å²) in [5.41, 5.74) is 0.375. The lowest BCUT2D eigenvalue weighted by Gasteiger charge is -2.26. The smallest absolute Gasteiger partial charge is 0.475 e. The first-order valence-electron chi connectivity index (χ1n) is 7.06. The number of halogens is 4. The molecule has 0 amide bonds. The summed E-state index contributed by atoms with van der Waals surface area (Å²) < 4.78 is 44.9. The van der Waals surface area contributed by atoms with Gasteiger partial charge in [-0.15, -0.1) is 0 Å². The molecule has 0 unspecified atom stereocenters. The van der Waals surface area contributed by atoms with E-state index in [9.17, 15) is 27.7 Å². The molecule has 2 rings (SSSR count). The van der Waals surface area contributed by atoms with E-state index in [1.54, 1.807) is 6.07 Å². The van der Waals surface area contributed by atoms with Gasteiger partial charge in [-0.1, -0.05) is 12.5 Å². The highest BCUT2D eigenvalue weighted by molar-refractivity contribution is 5.73. The third-order valence-corrected chi connectivity index (χ3v) is 3.30. The Morgan fingerprint density at radius 3 is 2.25 bits per heavy atom. The molecule has 0 bridgehead atoms. The van der Waals surface area contributed by atoms with Crippen molar-refractivity contribution in [1.82, 2.24) is 4.90 Å². The van der Waals surface area contributed by atoms with Crippen LogP contribution < -0.4 is 0 Å². The van der Waals surface area contributed by atoms with Gasteiger partial charge in [0.1, 0.15) is 0 Å². The van der Waals surface area contributed by atoms with Crippen molar-refractivity contribution in [2.24, 2.45) is 0 Å². The minimum Gasteiger partial charge on any atom is -0.475 e. The van der Waals surface area contributed by atoms with Crippen LogP contribution in [0.25, 0.3) is 0 Å². The number of aliphatic carboxylic acids is 1. The highest BCUT2D eigenvalue weighted by Crippen LogP contribution is 2.20. The van der Waals surface area contributed by atoms with Crippen LogP contribution in [0.15, 0.2) is 18.2 Å². The average molecular weight is 352 g/mol. The van der Waals surface area contributed by atoms with Crippen LogP contribution in [0, 0.1) is 15.9 Å². The number of nitro benzene ring substituents is 1. The molecule has 1 heterocycles. The molecule has 1 aliphatic rings. The van der Waals surface area contributed by atoms with Crippen molar-refractivity contribution in [1.29, 1.82) is 0 Å². The predicted octanol–water partition coefficient (Wildman–Crippen LogP) is 3.35. The summed E-state index contributed by atoms with van der Waals surface area (Å²) in [6.07, 6.45) is -1.49. The number of hydrogen-bond donors (Lipinski definition) is 1. The van der Waals surface area contributed by atoms with Crippen molar-refractivity contribution >= 4 is 11.7 Å². The summed E-state index contributed by atoms with van der Waals surface area (Å²) in [6, 6.07) is 4.14. The van der Waals surface area contributed by atoms with Crippen molar-refractivity contribution in [3.8, 4) is 0 Å². The minimum atomic E-state index is -5.08. The summed E-state index contributed by atoms with van der Waals surface area (Å²) >= 11 is 0. The van der Waals surface area contributed by atoms with Gasteiger partial charge in [0.2, 0.25) is 5.82 Å². The fourth-order valence-electron chi connectivity index (χ4n) is 2.17. The number of nitro groups is 1. The van der Waals surface area contributed by atoms with Crippen LogP contribution in [0.2, 0.25) is 0 Å². The molecule has 10 heteroatoms. The van der Waals surface area contributed by atoms with Crippen molar-refractivity contribution in [2.45, 2.75) is 32.0 Å². The van der Waals surface area contributed by atoms with Gasteiger partial charge < -0.3 is 5.11 Å². The van der Waals surface area contributed by atoms with Crippen LogP contribution in [0.1, 0.15) is 24.8 Å². The second-order valence-electron chi connectivity index (χ2n) is 5.18. The molecule has 24 heavy (non-hydrogen) atoms. The first-order valence-corrected chi connectivity index (χ1v) is 7.06. The van der Waals surface area contributed by atoms with E-state index < -0.39 is 28.6 Å². The lowest BCUT2D eigenvalue weighted by Crippen LogP contribution is -2.29. The van der Waals surface area contributed by atoms with Crippen molar-refractivity contribution in [3.63, 3.8) is 0 Å². The van der Waals surface area contributed by atoms with E-state index >= 15 is 0 Å². The quantitative estimate of drug-likeness (QED) is 0.512. The maximum Gasteiger partial charge on any atom is 0.490 e. The van der Waals surface area contributed by atoms with E-state index in [1.807, 2.05) is 0 Å². The molecule has 0 radical (unpaired) electrons. The van der Waals surface area contributed by atoms with Crippen LogP contribution in [0.5, 0.6) is 0 Å². The zero-order chi connectivity index (χ0) is 18.3. The monoisotopic (exact) mass is 352 g/mol. The minimum absolute atomic E-state index is 0.431. The van der Waals surface area contributed by atoms with Gasteiger partial charge in [0.05, 0.1) is 4.92 Å². The number of hydrogen-bond acceptors (Lipinski definition) is 4. The molecular weight excluding hydrogens is 336 g/mol. The average Bonchev–Trinajstić information content (AvgIpc) is 2.49. The van der Waals surface area contributed by atoms with Crippen LogP contribution in [0.4, 0.5) is 23.2 Å². The summed E-state index contributed by atoms with van der Waals surface area (Å²) in [6.45, 7) is 2.71. The van der Waals surface area contributed by atoms with Crippen LogP contribution in [0.3, 0.4) is 0 Å². The molecule has 1 aromatic rings. The van der Waals surface area contributed by atoms with Crippen LogP contribution in [-0.2, 0) is 11.3 Å². The fraction of sp³-hybridized carbons (Fsp3) is 0.500. The molecule has 0 aliphatic carbocycles. The number of alkyl halides is 3. The van der Waals surface area contributed by atoms with Gasteiger partial charge in [-0.05, 0) is 37.6 Å². The number of nitrogens with zero attached hydrogens (tertiary/aromatic N) is 2. The predicted molar refractivity (Wildman–Crippen MR) is 75.9 cm³/mol. The third kappa shape index (κ3) is 6.49. The van der Waals surface area contributed by atoms with Crippen molar-refractivity contribution in [2.75, 3.05) is 13.1 Å². The summed E-state index contributed by atoms with van der Waals surface area (Å²) in [5, 5.41) is 17.7. The Bertz CT molecular complexity index is 587. The van der Waals surface area contributed by atoms with Gasteiger partial charge in [0.25, 0.3) is 0 Å². The normalized spacial score (nSPS) is 15.3. The Balaban J connectivity index is 0.000000351. The Morgan fingerprint density at radius 1 is 1.25 bits per heavy atom. The highest BCUT2D eigenvalue weighted by atomic mass is 19.4. The second kappa shape index (κ2) is 8.57. The summed E-state index contributed by atoms with van der Waals surface area (Å²) in [4.78, 5) is 21.1. The zero-order valence-electron chi connectivity index (χ0n) is 12.6. The molecule has 0 saturated carbocycles. The van der Waals surface area contributed by atoms with Gasteiger partial charge in [-0.25, -0.2) is 4.79 Å². The highest BCUT2D eigenvalue weighted by Gasteiger charge is 2.38. The van der Waals surface area contributed by atoms with Gasteiger partial charge in [-0.2, -0.15) is 17.6 Å². The Morgan fingerprint density at radius 2 is 1.79 bits per heavy atom. The molecular formula is C14H16F4N2O4. The van der Waals surface area contributed by atoms with Gasteiger partial charge in [0, 0.05) is 12.6 Å². The second-order valence-corrected chi connectivity index (χ2v) is 5.18. The summed E-state index contributed by atoms with van der Waals surface area (Å²) in [5.74, 6) is -3.52. The van der Waals surface area contributed by atoms with E-state index in [1.165, 1.54) is 31.4 Å². The van der Waals surface area contributed by atoms with Gasteiger partial charge in [0.15, 0.2) is 0 Å². The zero-order valence-corrected chi connectivity index (χ0v) is 12.6. The molecule has 1 aliphatic heterocycles. The topological polar surface area (TPSA) is 83.7 Å². The first-order chi connectivity index (χ1) is 11.1. The van der Waals surface area contributed by atoms with Gasteiger partial charge in [-0.3, -0.25) is 15.0 Å². The Kier molecular flexibility index (Phi) is 7.08. The Hall–Kier alpha value is -2.23. The lowest BCUT2D eigenvalue weighted by atomic mass is 10.1.